The molecule has 0 unspecified atom stereocenters. The van der Waals surface area contributed by atoms with Crippen LogP contribution in [0.4, 0.5) is 17.6 Å². The van der Waals surface area contributed by atoms with E-state index in [2.05, 4.69) is 0 Å². The number of amides is 2. The molecule has 8 heteroatoms. The summed E-state index contributed by atoms with van der Waals surface area (Å²) in [7, 11) is 0. The topological polar surface area (TPSA) is 37.4 Å². The van der Waals surface area contributed by atoms with Crippen LogP contribution in [0.5, 0.6) is 0 Å². The Balaban J connectivity index is 2.03. The van der Waals surface area contributed by atoms with E-state index in [-0.39, 0.29) is 10.6 Å². The summed E-state index contributed by atoms with van der Waals surface area (Å²) in [6.45, 7) is -0.394. The minimum absolute atomic E-state index is 0.0540. The van der Waals surface area contributed by atoms with Gasteiger partial charge in [0, 0.05) is 5.02 Å². The van der Waals surface area contributed by atoms with Gasteiger partial charge in [-0.1, -0.05) is 35.9 Å². The average Bonchev–Trinajstić information content (AvgIpc) is 2.82. The third-order valence-corrected chi connectivity index (χ3v) is 4.09. The number of alkyl halides is 3. The summed E-state index contributed by atoms with van der Waals surface area (Å²) >= 11 is 5.73. The first-order chi connectivity index (χ1) is 12.2. The molecule has 3 rings (SSSR count). The fourth-order valence-corrected chi connectivity index (χ4v) is 2.77. The van der Waals surface area contributed by atoms with Crippen molar-refractivity contribution in [3.05, 3.63) is 76.1 Å². The zero-order valence-electron chi connectivity index (χ0n) is 13.0. The third-order valence-electron chi connectivity index (χ3n) is 3.84. The summed E-state index contributed by atoms with van der Waals surface area (Å²) in [5.74, 6) is -3.03. The summed E-state index contributed by atoms with van der Waals surface area (Å²) in [5.41, 5.74) is -1.97. The van der Waals surface area contributed by atoms with Crippen LogP contribution in [-0.4, -0.2) is 22.9 Å². The van der Waals surface area contributed by atoms with Gasteiger partial charge in [0.15, 0.2) is 0 Å². The zero-order chi connectivity index (χ0) is 19.1. The molecule has 1 aliphatic rings. The molecule has 0 fully saturated rings. The highest BCUT2D eigenvalue weighted by Crippen LogP contribution is 2.40. The number of rotatable bonds is 3. The van der Waals surface area contributed by atoms with Crippen LogP contribution in [0.15, 0.2) is 54.1 Å². The maximum Gasteiger partial charge on any atom is 0.422 e. The standard InChI is InChI=1S/C18H10ClF4NO2/c19-12-5-3-11(4-6-12)14-15(18(21,22)23)17(26)24(16(14)25)9-10-1-7-13(20)8-2-10/h1-8H,9H2. The number of hydrogen-bond acceptors (Lipinski definition) is 2. The molecule has 134 valence electrons. The van der Waals surface area contributed by atoms with Gasteiger partial charge in [-0.15, -0.1) is 0 Å². The van der Waals surface area contributed by atoms with Crippen molar-refractivity contribution < 1.29 is 27.2 Å². The first kappa shape index (κ1) is 18.1. The number of carbonyl (C=O) groups excluding carboxylic acids is 2. The lowest BCUT2D eigenvalue weighted by atomic mass is 10.0. The Labute approximate surface area is 150 Å². The highest BCUT2D eigenvalue weighted by atomic mass is 35.5. The normalized spacial score (nSPS) is 15.2. The quantitative estimate of drug-likeness (QED) is 0.583. The number of imide groups is 1. The molecule has 2 amide bonds. The van der Waals surface area contributed by atoms with Crippen molar-refractivity contribution in [2.75, 3.05) is 0 Å². The van der Waals surface area contributed by atoms with Gasteiger partial charge in [-0.3, -0.25) is 14.5 Å². The highest BCUT2D eigenvalue weighted by molar-refractivity contribution is 6.36. The van der Waals surface area contributed by atoms with E-state index >= 15 is 0 Å². The van der Waals surface area contributed by atoms with Crippen molar-refractivity contribution in [1.29, 1.82) is 0 Å². The van der Waals surface area contributed by atoms with Gasteiger partial charge in [0.05, 0.1) is 12.1 Å². The zero-order valence-corrected chi connectivity index (χ0v) is 13.7. The number of benzene rings is 2. The molecule has 0 radical (unpaired) electrons. The monoisotopic (exact) mass is 383 g/mol. The lowest BCUT2D eigenvalue weighted by Crippen LogP contribution is -2.33. The molecule has 0 aliphatic carbocycles. The Morgan fingerprint density at radius 2 is 1.46 bits per heavy atom. The van der Waals surface area contributed by atoms with Gasteiger partial charge < -0.3 is 0 Å². The molecule has 0 saturated carbocycles. The smallest absolute Gasteiger partial charge is 0.270 e. The van der Waals surface area contributed by atoms with Crippen LogP contribution in [0.25, 0.3) is 5.57 Å². The predicted octanol–water partition coefficient (Wildman–Crippen LogP) is 4.36. The van der Waals surface area contributed by atoms with Crippen LogP contribution in [0, 0.1) is 5.82 Å². The van der Waals surface area contributed by atoms with Gasteiger partial charge in [0.25, 0.3) is 11.8 Å². The van der Waals surface area contributed by atoms with E-state index in [1.54, 1.807) is 0 Å². The number of halogens is 5. The van der Waals surface area contributed by atoms with Crippen LogP contribution >= 0.6 is 11.6 Å². The predicted molar refractivity (Wildman–Crippen MR) is 86.4 cm³/mol. The van der Waals surface area contributed by atoms with E-state index in [1.165, 1.54) is 36.4 Å². The Morgan fingerprint density at radius 3 is 2.00 bits per heavy atom. The first-order valence-electron chi connectivity index (χ1n) is 7.36. The van der Waals surface area contributed by atoms with Gasteiger partial charge in [0.1, 0.15) is 11.4 Å². The fraction of sp³-hybridized carbons (Fsp3) is 0.111. The van der Waals surface area contributed by atoms with Crippen molar-refractivity contribution in [3.8, 4) is 0 Å². The Morgan fingerprint density at radius 1 is 0.885 bits per heavy atom. The lowest BCUT2D eigenvalue weighted by Gasteiger charge is -2.15. The summed E-state index contributed by atoms with van der Waals surface area (Å²) in [5, 5.41) is 0.280. The summed E-state index contributed by atoms with van der Waals surface area (Å²) in [4.78, 5) is 25.4. The van der Waals surface area contributed by atoms with Crippen LogP contribution in [0.3, 0.4) is 0 Å². The van der Waals surface area contributed by atoms with Crippen LogP contribution in [-0.2, 0) is 16.1 Å². The largest absolute Gasteiger partial charge is 0.422 e. The second kappa shape index (κ2) is 6.57. The number of carbonyl (C=O) groups is 2. The molecule has 3 nitrogen and oxygen atoms in total. The maximum absolute atomic E-state index is 13.4. The molecule has 2 aromatic rings. The number of hydrogen-bond donors (Lipinski definition) is 0. The molecule has 0 saturated heterocycles. The molecule has 0 N–H and O–H groups in total. The van der Waals surface area contributed by atoms with Gasteiger partial charge in [-0.05, 0) is 35.4 Å². The molecule has 1 heterocycles. The van der Waals surface area contributed by atoms with E-state index in [1.807, 2.05) is 0 Å². The van der Waals surface area contributed by atoms with Crippen molar-refractivity contribution in [1.82, 2.24) is 4.90 Å². The molecule has 0 atom stereocenters. The van der Waals surface area contributed by atoms with Crippen LogP contribution in [0.2, 0.25) is 5.02 Å². The van der Waals surface area contributed by atoms with E-state index in [0.717, 1.165) is 12.1 Å². The van der Waals surface area contributed by atoms with Crippen molar-refractivity contribution >= 4 is 29.0 Å². The summed E-state index contributed by atoms with van der Waals surface area (Å²) in [6, 6.07) is 9.94. The molecule has 0 spiro atoms. The second-order valence-corrected chi connectivity index (χ2v) is 6.01. The lowest BCUT2D eigenvalue weighted by molar-refractivity contribution is -0.142. The van der Waals surface area contributed by atoms with Crippen LogP contribution in [0.1, 0.15) is 11.1 Å². The molecular weight excluding hydrogens is 374 g/mol. The van der Waals surface area contributed by atoms with Gasteiger partial charge in [0.2, 0.25) is 0 Å². The van der Waals surface area contributed by atoms with E-state index in [4.69, 9.17) is 11.6 Å². The minimum atomic E-state index is -5.00. The molecular formula is C18H10ClF4NO2. The first-order valence-corrected chi connectivity index (χ1v) is 7.74. The van der Waals surface area contributed by atoms with Gasteiger partial charge >= 0.3 is 6.18 Å². The maximum atomic E-state index is 13.4. The number of nitrogens with zero attached hydrogens (tertiary/aromatic N) is 1. The molecule has 1 aliphatic heterocycles. The van der Waals surface area contributed by atoms with E-state index < -0.39 is 41.5 Å². The summed E-state index contributed by atoms with van der Waals surface area (Å²) < 4.78 is 53.3. The Hall–Kier alpha value is -2.67. The Bertz CT molecular complexity index is 902. The van der Waals surface area contributed by atoms with Crippen LogP contribution < -0.4 is 0 Å². The second-order valence-electron chi connectivity index (χ2n) is 5.58. The van der Waals surface area contributed by atoms with E-state index in [0.29, 0.717) is 10.5 Å². The molecule has 26 heavy (non-hydrogen) atoms. The van der Waals surface area contributed by atoms with Crippen molar-refractivity contribution in [2.45, 2.75) is 12.7 Å². The molecule has 2 aromatic carbocycles. The SMILES string of the molecule is O=C1C(c2ccc(Cl)cc2)=C(C(F)(F)F)C(=O)N1Cc1ccc(F)cc1. The molecule has 0 bridgehead atoms. The molecule has 0 aromatic heterocycles. The fourth-order valence-electron chi connectivity index (χ4n) is 2.64. The minimum Gasteiger partial charge on any atom is -0.270 e. The van der Waals surface area contributed by atoms with Crippen molar-refractivity contribution in [2.24, 2.45) is 0 Å². The van der Waals surface area contributed by atoms with Crippen molar-refractivity contribution in [3.63, 3.8) is 0 Å². The van der Waals surface area contributed by atoms with Gasteiger partial charge in [-0.25, -0.2) is 4.39 Å². The van der Waals surface area contributed by atoms with Gasteiger partial charge in [-0.2, -0.15) is 13.2 Å². The van der Waals surface area contributed by atoms with E-state index in [9.17, 15) is 27.2 Å². The summed E-state index contributed by atoms with van der Waals surface area (Å²) in [6.07, 6.45) is -5.00. The Kier molecular flexibility index (Phi) is 4.58. The third kappa shape index (κ3) is 3.35. The average molecular weight is 384 g/mol. The highest BCUT2D eigenvalue weighted by Gasteiger charge is 2.51.